The Morgan fingerprint density at radius 3 is 2.62 bits per heavy atom. The lowest BCUT2D eigenvalue weighted by Crippen LogP contribution is -2.61. The van der Waals surface area contributed by atoms with E-state index in [1.54, 1.807) is 12.1 Å². The van der Waals surface area contributed by atoms with E-state index in [4.69, 9.17) is 17.4 Å². The summed E-state index contributed by atoms with van der Waals surface area (Å²) in [4.78, 5) is 2.52. The highest BCUT2D eigenvalue weighted by atomic mass is 35.5. The molecule has 1 aromatic rings. The first-order chi connectivity index (χ1) is 10.0. The number of nitrogens with zero attached hydrogens (tertiary/aromatic N) is 1. The van der Waals surface area contributed by atoms with Crippen LogP contribution in [0.2, 0.25) is 5.02 Å². The molecule has 0 radical (unpaired) electrons. The smallest absolute Gasteiger partial charge is 0.141 e. The molecule has 0 aliphatic carbocycles. The van der Waals surface area contributed by atoms with Crippen molar-refractivity contribution in [2.75, 3.05) is 13.1 Å². The third-order valence-corrected chi connectivity index (χ3v) is 5.21. The van der Waals surface area contributed by atoms with Crippen molar-refractivity contribution in [3.8, 4) is 0 Å². The molecule has 0 amide bonds. The number of hydrazine groups is 1. The fourth-order valence-electron chi connectivity index (χ4n) is 3.28. The highest BCUT2D eigenvalue weighted by molar-refractivity contribution is 6.30. The predicted molar refractivity (Wildman–Crippen MR) is 85.7 cm³/mol. The van der Waals surface area contributed by atoms with Crippen LogP contribution in [-0.4, -0.2) is 29.6 Å². The van der Waals surface area contributed by atoms with Crippen LogP contribution in [0.1, 0.15) is 38.7 Å². The topological polar surface area (TPSA) is 41.3 Å². The lowest BCUT2D eigenvalue weighted by atomic mass is 9.84. The summed E-state index contributed by atoms with van der Waals surface area (Å²) in [6.45, 7) is 6.69. The van der Waals surface area contributed by atoms with Crippen LogP contribution in [0.15, 0.2) is 18.2 Å². The van der Waals surface area contributed by atoms with Crippen LogP contribution in [0.3, 0.4) is 0 Å². The van der Waals surface area contributed by atoms with Crippen molar-refractivity contribution in [3.05, 3.63) is 34.6 Å². The van der Waals surface area contributed by atoms with Crippen LogP contribution in [-0.2, 0) is 6.42 Å². The first-order valence-corrected chi connectivity index (χ1v) is 8.04. The molecule has 118 valence electrons. The Hall–Kier alpha value is -0.680. The molecule has 1 saturated heterocycles. The van der Waals surface area contributed by atoms with Crippen molar-refractivity contribution >= 4 is 11.6 Å². The zero-order chi connectivity index (χ0) is 15.5. The largest absolute Gasteiger partial charge is 0.296 e. The van der Waals surface area contributed by atoms with Gasteiger partial charge in [-0.25, -0.2) is 4.39 Å². The fraction of sp³-hybridized carbons (Fsp3) is 0.625. The van der Waals surface area contributed by atoms with E-state index in [0.29, 0.717) is 0 Å². The van der Waals surface area contributed by atoms with E-state index in [1.807, 2.05) is 0 Å². The molecule has 3 N–H and O–H groups in total. The maximum atomic E-state index is 13.3. The van der Waals surface area contributed by atoms with E-state index < -0.39 is 0 Å². The van der Waals surface area contributed by atoms with E-state index in [2.05, 4.69) is 24.2 Å². The Morgan fingerprint density at radius 2 is 2.10 bits per heavy atom. The Bertz CT molecular complexity index is 477. The molecule has 0 aromatic heterocycles. The molecular weight excluding hydrogens is 289 g/mol. The third-order valence-electron chi connectivity index (χ3n) is 4.92. The average molecular weight is 314 g/mol. The van der Waals surface area contributed by atoms with E-state index >= 15 is 0 Å². The lowest BCUT2D eigenvalue weighted by Gasteiger charge is -2.44. The van der Waals surface area contributed by atoms with Gasteiger partial charge in [-0.1, -0.05) is 24.6 Å². The molecule has 0 saturated carbocycles. The highest BCUT2D eigenvalue weighted by Crippen LogP contribution is 2.30. The summed E-state index contributed by atoms with van der Waals surface area (Å²) in [6, 6.07) is 5.00. The van der Waals surface area contributed by atoms with Crippen molar-refractivity contribution in [3.63, 3.8) is 0 Å². The second-order valence-corrected chi connectivity index (χ2v) is 6.48. The maximum Gasteiger partial charge on any atom is 0.141 e. The molecule has 1 fully saturated rings. The van der Waals surface area contributed by atoms with E-state index in [9.17, 15) is 4.39 Å². The van der Waals surface area contributed by atoms with Gasteiger partial charge >= 0.3 is 0 Å². The summed E-state index contributed by atoms with van der Waals surface area (Å²) in [5.41, 5.74) is 3.97. The first kappa shape index (κ1) is 16.7. The number of likely N-dealkylation sites (tertiary alicyclic amines) is 1. The van der Waals surface area contributed by atoms with Gasteiger partial charge in [-0.2, -0.15) is 0 Å². The molecule has 0 bridgehead atoms. The summed E-state index contributed by atoms with van der Waals surface area (Å²) in [6.07, 6.45) is 4.23. The van der Waals surface area contributed by atoms with Gasteiger partial charge in [0.25, 0.3) is 0 Å². The molecule has 21 heavy (non-hydrogen) atoms. The maximum absolute atomic E-state index is 13.3. The second kappa shape index (κ2) is 7.05. The zero-order valence-electron chi connectivity index (χ0n) is 12.8. The van der Waals surface area contributed by atoms with E-state index in [0.717, 1.165) is 31.5 Å². The third kappa shape index (κ3) is 3.57. The highest BCUT2D eigenvalue weighted by Gasteiger charge is 2.38. The number of halogens is 2. The van der Waals surface area contributed by atoms with Crippen LogP contribution < -0.4 is 11.3 Å². The summed E-state index contributed by atoms with van der Waals surface area (Å²) in [7, 11) is 0. The van der Waals surface area contributed by atoms with Gasteiger partial charge in [-0.15, -0.1) is 0 Å². The average Bonchev–Trinajstić information content (AvgIpc) is 3.02. The molecule has 1 aromatic carbocycles. The van der Waals surface area contributed by atoms with E-state index in [1.165, 1.54) is 18.9 Å². The minimum atomic E-state index is -0.379. The Balaban J connectivity index is 2.18. The molecule has 2 unspecified atom stereocenters. The molecule has 3 nitrogen and oxygen atoms in total. The lowest BCUT2D eigenvalue weighted by molar-refractivity contribution is 0.0841. The van der Waals surface area contributed by atoms with Crippen LogP contribution in [0.4, 0.5) is 4.39 Å². The number of nitrogens with one attached hydrogen (secondary N) is 1. The van der Waals surface area contributed by atoms with Crippen molar-refractivity contribution in [2.24, 2.45) is 5.84 Å². The SMILES string of the molecule is CCC(C)(C(Cc1ccc(F)c(Cl)c1)NN)N1CCCC1. The molecular formula is C16H25ClFN3. The van der Waals surface area contributed by atoms with Crippen LogP contribution in [0.25, 0.3) is 0 Å². The number of hydrogen-bond acceptors (Lipinski definition) is 3. The van der Waals surface area contributed by atoms with Gasteiger partial charge in [0.1, 0.15) is 5.82 Å². The van der Waals surface area contributed by atoms with Gasteiger partial charge in [-0.05, 0) is 63.4 Å². The summed E-state index contributed by atoms with van der Waals surface area (Å²) in [5.74, 6) is 5.45. The normalized spacial score (nSPS) is 20.4. The van der Waals surface area contributed by atoms with Gasteiger partial charge in [0.15, 0.2) is 0 Å². The Morgan fingerprint density at radius 1 is 1.43 bits per heavy atom. The predicted octanol–water partition coefficient (Wildman–Crippen LogP) is 3.12. The molecule has 0 spiro atoms. The molecule has 5 heteroatoms. The molecule has 2 rings (SSSR count). The van der Waals surface area contributed by atoms with Crippen molar-refractivity contribution < 1.29 is 4.39 Å². The molecule has 2 atom stereocenters. The van der Waals surface area contributed by atoms with Gasteiger partial charge in [0.05, 0.1) is 5.02 Å². The van der Waals surface area contributed by atoms with Crippen LogP contribution in [0, 0.1) is 5.82 Å². The van der Waals surface area contributed by atoms with Gasteiger partial charge in [-0.3, -0.25) is 16.2 Å². The minimum Gasteiger partial charge on any atom is -0.296 e. The number of rotatable bonds is 6. The summed E-state index contributed by atoms with van der Waals surface area (Å²) >= 11 is 5.88. The summed E-state index contributed by atoms with van der Waals surface area (Å²) < 4.78 is 13.3. The molecule has 1 aliphatic rings. The van der Waals surface area contributed by atoms with Gasteiger partial charge in [0.2, 0.25) is 0 Å². The number of hydrogen-bond donors (Lipinski definition) is 2. The summed E-state index contributed by atoms with van der Waals surface area (Å²) in [5, 5.41) is 0.169. The van der Waals surface area contributed by atoms with Crippen LogP contribution in [0.5, 0.6) is 0 Å². The van der Waals surface area contributed by atoms with Gasteiger partial charge in [0, 0.05) is 11.6 Å². The number of nitrogens with two attached hydrogens (primary N) is 1. The molecule has 1 heterocycles. The Kier molecular flexibility index (Phi) is 5.60. The quantitative estimate of drug-likeness (QED) is 0.626. The second-order valence-electron chi connectivity index (χ2n) is 6.08. The first-order valence-electron chi connectivity index (χ1n) is 7.66. The molecule has 1 aliphatic heterocycles. The van der Waals surface area contributed by atoms with Crippen molar-refractivity contribution in [1.82, 2.24) is 10.3 Å². The van der Waals surface area contributed by atoms with Crippen molar-refractivity contribution in [1.29, 1.82) is 0 Å². The fourth-order valence-corrected chi connectivity index (χ4v) is 3.48. The van der Waals surface area contributed by atoms with E-state index in [-0.39, 0.29) is 22.4 Å². The minimum absolute atomic E-state index is 0.00783. The van der Waals surface area contributed by atoms with Crippen molar-refractivity contribution in [2.45, 2.75) is 51.1 Å². The Labute approximate surface area is 131 Å². The van der Waals surface area contributed by atoms with Gasteiger partial charge < -0.3 is 0 Å². The zero-order valence-corrected chi connectivity index (χ0v) is 13.6. The monoisotopic (exact) mass is 313 g/mol. The standard InChI is InChI=1S/C16H25ClFN3/c1-3-16(2,21-8-4-5-9-21)15(20-19)11-12-6-7-14(18)13(17)10-12/h6-7,10,15,20H,3-5,8-9,11,19H2,1-2H3. The van der Waals surface area contributed by atoms with Crippen LogP contribution >= 0.6 is 11.6 Å². The number of benzene rings is 1.